The van der Waals surface area contributed by atoms with E-state index >= 15 is 0 Å². The molecule has 0 aliphatic carbocycles. The van der Waals surface area contributed by atoms with Crippen LogP contribution in [-0.2, 0) is 9.53 Å². The maximum absolute atomic E-state index is 12.0. The van der Waals surface area contributed by atoms with Crippen LogP contribution in [0.1, 0.15) is 21.5 Å². The highest BCUT2D eigenvalue weighted by Gasteiger charge is 2.12. The largest absolute Gasteiger partial charge is 0.452 e. The van der Waals surface area contributed by atoms with E-state index in [1.54, 1.807) is 23.7 Å². The van der Waals surface area contributed by atoms with E-state index in [9.17, 15) is 9.59 Å². The Morgan fingerprint density at radius 3 is 2.75 bits per heavy atom. The maximum atomic E-state index is 12.0. The lowest BCUT2D eigenvalue weighted by atomic mass is 10.1. The van der Waals surface area contributed by atoms with Crippen LogP contribution in [0.3, 0.4) is 0 Å². The minimum absolute atomic E-state index is 0.327. The van der Waals surface area contributed by atoms with E-state index < -0.39 is 5.97 Å². The molecular weight excluding hydrogens is 324 g/mol. The molecule has 0 bridgehead atoms. The van der Waals surface area contributed by atoms with E-state index in [1.807, 2.05) is 32.0 Å². The van der Waals surface area contributed by atoms with Crippen LogP contribution in [0.25, 0.3) is 10.2 Å². The van der Waals surface area contributed by atoms with Gasteiger partial charge in [0, 0.05) is 5.69 Å². The highest BCUT2D eigenvalue weighted by Crippen LogP contribution is 2.19. The fourth-order valence-corrected chi connectivity index (χ4v) is 2.93. The minimum atomic E-state index is -0.527. The van der Waals surface area contributed by atoms with Crippen molar-refractivity contribution in [3.8, 4) is 0 Å². The molecule has 0 unspecified atom stereocenters. The number of thiazole rings is 1. The normalized spacial score (nSPS) is 10.6. The third-order valence-electron chi connectivity index (χ3n) is 3.69. The molecule has 0 spiro atoms. The van der Waals surface area contributed by atoms with Crippen LogP contribution < -0.4 is 5.32 Å². The quantitative estimate of drug-likeness (QED) is 0.735. The van der Waals surface area contributed by atoms with Crippen molar-refractivity contribution in [1.82, 2.24) is 4.98 Å². The molecular formula is C18H16N2O3S. The molecule has 1 amide bonds. The first-order valence-electron chi connectivity index (χ1n) is 7.40. The van der Waals surface area contributed by atoms with Crippen LogP contribution in [-0.4, -0.2) is 23.5 Å². The maximum Gasteiger partial charge on any atom is 0.338 e. The van der Waals surface area contributed by atoms with Gasteiger partial charge in [0.2, 0.25) is 0 Å². The molecule has 3 aromatic rings. The van der Waals surface area contributed by atoms with Crippen molar-refractivity contribution in [1.29, 1.82) is 0 Å². The molecule has 0 aliphatic rings. The molecule has 5 nitrogen and oxygen atoms in total. The molecule has 6 heteroatoms. The number of rotatable bonds is 4. The van der Waals surface area contributed by atoms with Crippen molar-refractivity contribution in [2.45, 2.75) is 13.8 Å². The lowest BCUT2D eigenvalue weighted by Gasteiger charge is -2.08. The predicted octanol–water partition coefficient (Wildman–Crippen LogP) is 3.71. The summed E-state index contributed by atoms with van der Waals surface area (Å²) in [6.07, 6.45) is 0. The number of esters is 1. The zero-order valence-electron chi connectivity index (χ0n) is 13.3. The number of hydrogen-bond acceptors (Lipinski definition) is 5. The Morgan fingerprint density at radius 1 is 1.12 bits per heavy atom. The SMILES string of the molecule is Cc1ccc(NC(=O)COC(=O)c2ccc3ncsc3c2)cc1C. The van der Waals surface area contributed by atoms with Gasteiger partial charge in [0.15, 0.2) is 6.61 Å². The number of amides is 1. The Bertz CT molecular complexity index is 918. The van der Waals surface area contributed by atoms with Gasteiger partial charge in [-0.2, -0.15) is 0 Å². The van der Waals surface area contributed by atoms with Crippen molar-refractivity contribution in [2.24, 2.45) is 0 Å². The monoisotopic (exact) mass is 340 g/mol. The molecule has 0 radical (unpaired) electrons. The second-order valence-corrected chi connectivity index (χ2v) is 6.34. The number of fused-ring (bicyclic) bond motifs is 1. The number of carbonyl (C=O) groups is 2. The first kappa shape index (κ1) is 16.1. The Balaban J connectivity index is 1.58. The van der Waals surface area contributed by atoms with Crippen molar-refractivity contribution >= 4 is 39.1 Å². The third kappa shape index (κ3) is 3.60. The molecule has 24 heavy (non-hydrogen) atoms. The number of carbonyl (C=O) groups excluding carboxylic acids is 2. The molecule has 2 aromatic carbocycles. The van der Waals surface area contributed by atoms with Crippen molar-refractivity contribution < 1.29 is 14.3 Å². The summed E-state index contributed by atoms with van der Waals surface area (Å²) in [4.78, 5) is 28.1. The highest BCUT2D eigenvalue weighted by atomic mass is 32.1. The molecule has 0 saturated heterocycles. The van der Waals surface area contributed by atoms with Gasteiger partial charge >= 0.3 is 5.97 Å². The summed E-state index contributed by atoms with van der Waals surface area (Å²) in [6, 6.07) is 10.8. The van der Waals surface area contributed by atoms with Crippen molar-refractivity contribution in [2.75, 3.05) is 11.9 Å². The number of anilines is 1. The van der Waals surface area contributed by atoms with Crippen molar-refractivity contribution in [3.05, 3.63) is 58.6 Å². The number of nitrogens with one attached hydrogen (secondary N) is 1. The summed E-state index contributed by atoms with van der Waals surface area (Å²) < 4.78 is 5.98. The fourth-order valence-electron chi connectivity index (χ4n) is 2.21. The summed E-state index contributed by atoms with van der Waals surface area (Å²) in [5.41, 5.74) is 5.89. The van der Waals surface area contributed by atoms with E-state index in [0.717, 1.165) is 21.3 Å². The van der Waals surface area contributed by atoms with E-state index in [0.29, 0.717) is 11.3 Å². The average molecular weight is 340 g/mol. The number of benzene rings is 2. The van der Waals surface area contributed by atoms with E-state index in [1.165, 1.54) is 11.3 Å². The second kappa shape index (κ2) is 6.80. The first-order valence-corrected chi connectivity index (χ1v) is 8.28. The molecule has 0 aliphatic heterocycles. The van der Waals surface area contributed by atoms with Crippen LogP contribution in [0, 0.1) is 13.8 Å². The Hall–Kier alpha value is -2.73. The standard InChI is InChI=1S/C18H16N2O3S/c1-11-3-5-14(7-12(11)2)20-17(21)9-23-18(22)13-4-6-15-16(8-13)24-10-19-15/h3-8,10H,9H2,1-2H3,(H,20,21). The molecule has 0 atom stereocenters. The van der Waals surface area contributed by atoms with Crippen molar-refractivity contribution in [3.63, 3.8) is 0 Å². The highest BCUT2D eigenvalue weighted by molar-refractivity contribution is 7.16. The van der Waals surface area contributed by atoms with Gasteiger partial charge in [-0.3, -0.25) is 4.79 Å². The first-order chi connectivity index (χ1) is 11.5. The lowest BCUT2D eigenvalue weighted by Crippen LogP contribution is -2.21. The molecule has 0 fully saturated rings. The number of hydrogen-bond donors (Lipinski definition) is 1. The van der Waals surface area contributed by atoms with E-state index in [-0.39, 0.29) is 12.5 Å². The molecule has 1 N–H and O–H groups in total. The Kier molecular flexibility index (Phi) is 4.57. The number of aryl methyl sites for hydroxylation is 2. The zero-order valence-corrected chi connectivity index (χ0v) is 14.1. The van der Waals surface area contributed by atoms with Crippen LogP contribution in [0.4, 0.5) is 5.69 Å². The second-order valence-electron chi connectivity index (χ2n) is 5.46. The van der Waals surface area contributed by atoms with Gasteiger partial charge in [-0.1, -0.05) is 6.07 Å². The summed E-state index contributed by atoms with van der Waals surface area (Å²) in [6.45, 7) is 3.65. The van der Waals surface area contributed by atoms with E-state index in [2.05, 4.69) is 10.3 Å². The predicted molar refractivity (Wildman–Crippen MR) is 94.4 cm³/mol. The van der Waals surface area contributed by atoms with Crippen LogP contribution in [0.5, 0.6) is 0 Å². The fraction of sp³-hybridized carbons (Fsp3) is 0.167. The van der Waals surface area contributed by atoms with E-state index in [4.69, 9.17) is 4.74 Å². The summed E-state index contributed by atoms with van der Waals surface area (Å²) in [5.74, 6) is -0.897. The van der Waals surface area contributed by atoms with Gasteiger partial charge in [0.05, 0.1) is 21.3 Å². The number of ether oxygens (including phenoxy) is 1. The minimum Gasteiger partial charge on any atom is -0.452 e. The smallest absolute Gasteiger partial charge is 0.338 e. The van der Waals surface area contributed by atoms with Gasteiger partial charge in [-0.15, -0.1) is 11.3 Å². The topological polar surface area (TPSA) is 68.3 Å². The van der Waals surface area contributed by atoms with Gasteiger partial charge in [-0.25, -0.2) is 9.78 Å². The van der Waals surface area contributed by atoms with Crippen LogP contribution in [0.2, 0.25) is 0 Å². The van der Waals surface area contributed by atoms with Crippen LogP contribution >= 0.6 is 11.3 Å². The summed E-state index contributed by atoms with van der Waals surface area (Å²) in [7, 11) is 0. The molecule has 1 heterocycles. The Morgan fingerprint density at radius 2 is 1.96 bits per heavy atom. The summed E-state index contributed by atoms with van der Waals surface area (Å²) in [5, 5.41) is 2.72. The Labute approximate surface area is 143 Å². The molecule has 1 aromatic heterocycles. The lowest BCUT2D eigenvalue weighted by molar-refractivity contribution is -0.119. The van der Waals surface area contributed by atoms with Gasteiger partial charge < -0.3 is 10.1 Å². The third-order valence-corrected chi connectivity index (χ3v) is 4.48. The number of aromatic nitrogens is 1. The van der Waals surface area contributed by atoms with Gasteiger partial charge in [0.1, 0.15) is 0 Å². The molecule has 3 rings (SSSR count). The molecule has 122 valence electrons. The molecule has 0 saturated carbocycles. The summed E-state index contributed by atoms with van der Waals surface area (Å²) >= 11 is 1.45. The van der Waals surface area contributed by atoms with Gasteiger partial charge in [0.25, 0.3) is 5.91 Å². The zero-order chi connectivity index (χ0) is 17.1. The number of nitrogens with zero attached hydrogens (tertiary/aromatic N) is 1. The van der Waals surface area contributed by atoms with Gasteiger partial charge in [-0.05, 0) is 55.3 Å². The van der Waals surface area contributed by atoms with Crippen LogP contribution in [0.15, 0.2) is 41.9 Å². The average Bonchev–Trinajstić information content (AvgIpc) is 3.03.